The van der Waals surface area contributed by atoms with Crippen molar-refractivity contribution in [3.05, 3.63) is 105 Å². The van der Waals surface area contributed by atoms with Crippen molar-refractivity contribution in [3.63, 3.8) is 0 Å². The van der Waals surface area contributed by atoms with Crippen molar-refractivity contribution in [1.82, 2.24) is 14.9 Å². The molecule has 0 unspecified atom stereocenters. The minimum Gasteiger partial charge on any atom is -0.481 e. The Kier molecular flexibility index (Phi) is 10.2. The predicted octanol–water partition coefficient (Wildman–Crippen LogP) is 5.12. The zero-order chi connectivity index (χ0) is 32.3. The molecule has 238 valence electrons. The van der Waals surface area contributed by atoms with E-state index in [0.717, 1.165) is 24.7 Å². The Balaban J connectivity index is 1.52. The molecule has 1 aliphatic carbocycles. The molecular formula is C33H35Cl2N3O6S. The van der Waals surface area contributed by atoms with Gasteiger partial charge in [-0.05, 0) is 59.7 Å². The molecule has 2 aliphatic rings. The van der Waals surface area contributed by atoms with Crippen molar-refractivity contribution in [3.8, 4) is 0 Å². The minimum absolute atomic E-state index is 0.0659. The third-order valence-corrected chi connectivity index (χ3v) is 9.78. The number of nitrogens with one attached hydrogen (secondary N) is 2. The molecule has 12 heteroatoms. The first-order valence-electron chi connectivity index (χ1n) is 14.8. The van der Waals surface area contributed by atoms with Gasteiger partial charge in [0.1, 0.15) is 0 Å². The van der Waals surface area contributed by atoms with E-state index in [4.69, 9.17) is 28.3 Å². The topological polar surface area (TPSA) is 133 Å². The Bertz CT molecular complexity index is 1700. The van der Waals surface area contributed by atoms with Crippen molar-refractivity contribution in [2.75, 3.05) is 12.8 Å². The van der Waals surface area contributed by atoms with Gasteiger partial charge in [0.05, 0.1) is 24.6 Å². The number of halogens is 2. The van der Waals surface area contributed by atoms with Crippen LogP contribution in [0.1, 0.15) is 70.3 Å². The smallest absolute Gasteiger partial charge is 0.307 e. The average molecular weight is 673 g/mol. The van der Waals surface area contributed by atoms with E-state index in [9.17, 15) is 22.8 Å². The van der Waals surface area contributed by atoms with E-state index in [1.807, 2.05) is 12.1 Å². The first kappa shape index (κ1) is 32.9. The van der Waals surface area contributed by atoms with E-state index in [1.54, 1.807) is 59.5 Å². The molecule has 45 heavy (non-hydrogen) atoms. The van der Waals surface area contributed by atoms with Gasteiger partial charge in [-0.2, -0.15) is 0 Å². The second-order valence-electron chi connectivity index (χ2n) is 11.7. The van der Waals surface area contributed by atoms with Crippen LogP contribution in [-0.4, -0.2) is 61.1 Å². The number of fused-ring (bicyclic) bond motifs is 1. The molecule has 1 heterocycles. The van der Waals surface area contributed by atoms with E-state index in [0.29, 0.717) is 58.1 Å². The molecule has 9 nitrogen and oxygen atoms in total. The van der Waals surface area contributed by atoms with Crippen molar-refractivity contribution >= 4 is 51.0 Å². The molecule has 5 rings (SSSR count). The SMILES string of the molecule is CS(=O)(=O)N[C@H]1CCCC[C@@H]1N1C(=O)c2ccccc2[C@@H](C(=O)NCCc2ccc(CC(=O)O)cc2)[C@@H]1c1ccc(Cl)cc1Cl. The third-order valence-electron chi connectivity index (χ3n) is 8.48. The summed E-state index contributed by atoms with van der Waals surface area (Å²) in [5, 5.41) is 12.8. The Hall–Kier alpha value is -3.44. The first-order chi connectivity index (χ1) is 21.4. The van der Waals surface area contributed by atoms with Crippen LogP contribution in [0.15, 0.2) is 66.7 Å². The fraction of sp³-hybridized carbons (Fsp3) is 0.364. The number of rotatable bonds is 10. The van der Waals surface area contributed by atoms with Gasteiger partial charge in [0.2, 0.25) is 15.9 Å². The molecule has 3 aromatic rings. The maximum absolute atomic E-state index is 14.4. The average Bonchev–Trinajstić information content (AvgIpc) is 2.97. The van der Waals surface area contributed by atoms with Gasteiger partial charge >= 0.3 is 5.97 Å². The number of hydrogen-bond acceptors (Lipinski definition) is 5. The van der Waals surface area contributed by atoms with Crippen LogP contribution in [0.5, 0.6) is 0 Å². The second kappa shape index (κ2) is 13.9. The number of carboxylic acid groups (broad SMARTS) is 1. The zero-order valence-electron chi connectivity index (χ0n) is 24.7. The molecule has 3 N–H and O–H groups in total. The molecule has 1 fully saturated rings. The Morgan fingerprint density at radius 3 is 2.33 bits per heavy atom. The second-order valence-corrected chi connectivity index (χ2v) is 14.3. The van der Waals surface area contributed by atoms with Crippen LogP contribution in [0.3, 0.4) is 0 Å². The number of carbonyl (C=O) groups is 3. The number of carboxylic acids is 1. The molecule has 2 amide bonds. The standard InChI is InChI=1S/C33H35Cl2N3O6S/c1-45(43,44)37-27-8-4-5-9-28(27)38-31(25-15-14-22(34)19-26(25)35)30(23-6-2-3-7-24(23)33(38)42)32(41)36-17-16-20-10-12-21(13-11-20)18-29(39)40/h2-3,6-7,10-15,19,27-28,30-31,37H,4-5,8-9,16-18H2,1H3,(H,36,41)(H,39,40)/t27-,28-,30+,31-/m0/s1. The lowest BCUT2D eigenvalue weighted by Crippen LogP contribution is -2.59. The molecule has 0 spiro atoms. The zero-order valence-corrected chi connectivity index (χ0v) is 27.0. The maximum Gasteiger partial charge on any atom is 0.307 e. The van der Waals surface area contributed by atoms with Gasteiger partial charge < -0.3 is 15.3 Å². The van der Waals surface area contributed by atoms with Gasteiger partial charge in [0, 0.05) is 34.2 Å². The molecular weight excluding hydrogens is 637 g/mol. The molecule has 1 aliphatic heterocycles. The molecule has 1 saturated carbocycles. The van der Waals surface area contributed by atoms with Crippen LogP contribution in [0, 0.1) is 0 Å². The van der Waals surface area contributed by atoms with E-state index in [2.05, 4.69) is 10.0 Å². The highest BCUT2D eigenvalue weighted by molar-refractivity contribution is 7.88. The van der Waals surface area contributed by atoms with Crippen LogP contribution in [0.25, 0.3) is 0 Å². The molecule has 0 bridgehead atoms. The van der Waals surface area contributed by atoms with Crippen molar-refractivity contribution in [2.45, 2.75) is 62.6 Å². The van der Waals surface area contributed by atoms with Crippen molar-refractivity contribution < 1.29 is 27.9 Å². The number of sulfonamides is 1. The number of nitrogens with zero attached hydrogens (tertiary/aromatic N) is 1. The monoisotopic (exact) mass is 671 g/mol. The predicted molar refractivity (Wildman–Crippen MR) is 173 cm³/mol. The van der Waals surface area contributed by atoms with Crippen molar-refractivity contribution in [2.24, 2.45) is 0 Å². The number of aliphatic carboxylic acids is 1. The maximum atomic E-state index is 14.4. The molecule has 0 aromatic heterocycles. The van der Waals surface area contributed by atoms with Gasteiger partial charge in [0.15, 0.2) is 0 Å². The Morgan fingerprint density at radius 1 is 0.956 bits per heavy atom. The molecule has 3 aromatic carbocycles. The summed E-state index contributed by atoms with van der Waals surface area (Å²) in [5.41, 5.74) is 3.11. The van der Waals surface area contributed by atoms with Crippen molar-refractivity contribution in [1.29, 1.82) is 0 Å². The lowest BCUT2D eigenvalue weighted by atomic mass is 9.76. The summed E-state index contributed by atoms with van der Waals surface area (Å²) in [6.45, 7) is 0.298. The summed E-state index contributed by atoms with van der Waals surface area (Å²) in [6, 6.07) is 17.3. The van der Waals surface area contributed by atoms with Crippen LogP contribution < -0.4 is 10.0 Å². The summed E-state index contributed by atoms with van der Waals surface area (Å²) in [4.78, 5) is 41.3. The fourth-order valence-corrected chi connectivity index (χ4v) is 7.91. The summed E-state index contributed by atoms with van der Waals surface area (Å²) in [5.74, 6) is -2.35. The van der Waals surface area contributed by atoms with Gasteiger partial charge in [-0.15, -0.1) is 0 Å². The van der Waals surface area contributed by atoms with E-state index < -0.39 is 40.0 Å². The third kappa shape index (κ3) is 7.69. The normalized spacial score (nSPS) is 21.7. The largest absolute Gasteiger partial charge is 0.481 e. The number of carbonyl (C=O) groups excluding carboxylic acids is 2. The Morgan fingerprint density at radius 2 is 1.64 bits per heavy atom. The molecule has 4 atom stereocenters. The van der Waals surface area contributed by atoms with Crippen LogP contribution in [0.4, 0.5) is 0 Å². The highest BCUT2D eigenvalue weighted by Crippen LogP contribution is 2.47. The van der Waals surface area contributed by atoms with Crippen LogP contribution >= 0.6 is 23.2 Å². The number of hydrogen-bond donors (Lipinski definition) is 3. The molecule has 0 saturated heterocycles. The highest BCUT2D eigenvalue weighted by Gasteiger charge is 2.49. The Labute approximate surface area is 273 Å². The minimum atomic E-state index is -3.59. The van der Waals surface area contributed by atoms with E-state index in [-0.39, 0.29) is 18.2 Å². The first-order valence-corrected chi connectivity index (χ1v) is 17.5. The van der Waals surface area contributed by atoms with Crippen LogP contribution in [0.2, 0.25) is 10.0 Å². The van der Waals surface area contributed by atoms with E-state index in [1.165, 1.54) is 0 Å². The summed E-state index contributed by atoms with van der Waals surface area (Å²) in [7, 11) is -3.59. The van der Waals surface area contributed by atoms with Gasteiger partial charge in [0.25, 0.3) is 5.91 Å². The number of benzene rings is 3. The van der Waals surface area contributed by atoms with Gasteiger partial charge in [-0.1, -0.05) is 84.6 Å². The lowest BCUT2D eigenvalue weighted by Gasteiger charge is -2.49. The van der Waals surface area contributed by atoms with Crippen LogP contribution in [-0.2, 0) is 32.5 Å². The summed E-state index contributed by atoms with van der Waals surface area (Å²) >= 11 is 13.0. The summed E-state index contributed by atoms with van der Waals surface area (Å²) < 4.78 is 27.5. The van der Waals surface area contributed by atoms with E-state index >= 15 is 0 Å². The van der Waals surface area contributed by atoms with Gasteiger partial charge in [-0.3, -0.25) is 14.4 Å². The fourth-order valence-electron chi connectivity index (χ4n) is 6.57. The lowest BCUT2D eigenvalue weighted by molar-refractivity contribution is -0.136. The number of amides is 2. The highest BCUT2D eigenvalue weighted by atomic mass is 35.5. The molecule has 0 radical (unpaired) electrons. The van der Waals surface area contributed by atoms with Gasteiger partial charge in [-0.25, -0.2) is 13.1 Å². The quantitative estimate of drug-likeness (QED) is 0.274. The summed E-state index contributed by atoms with van der Waals surface area (Å²) in [6.07, 6.45) is 4.24.